The van der Waals surface area contributed by atoms with E-state index in [4.69, 9.17) is 4.74 Å². The van der Waals surface area contributed by atoms with E-state index in [1.807, 2.05) is 0 Å². The molecule has 5 nitrogen and oxygen atoms in total. The van der Waals surface area contributed by atoms with Crippen LogP contribution in [0.1, 0.15) is 24.6 Å². The summed E-state index contributed by atoms with van der Waals surface area (Å²) in [5.41, 5.74) is 0. The normalized spacial score (nSPS) is 17.8. The highest BCUT2D eigenvalue weighted by molar-refractivity contribution is 9.11. The molecule has 1 aromatic rings. The van der Waals surface area contributed by atoms with Crippen LogP contribution in [0.5, 0.6) is 0 Å². The summed E-state index contributed by atoms with van der Waals surface area (Å²) >= 11 is 4.88. The molecule has 2 rings (SSSR count). The lowest BCUT2D eigenvalue weighted by atomic mass is 10.4. The first-order chi connectivity index (χ1) is 10.1. The van der Waals surface area contributed by atoms with E-state index in [1.165, 1.54) is 15.6 Å². The SMILES string of the molecule is CCCNCc1cc(S(=O)(=O)N2CCCOCC2)c(Br)s1. The van der Waals surface area contributed by atoms with E-state index in [2.05, 4.69) is 28.2 Å². The van der Waals surface area contributed by atoms with E-state index >= 15 is 0 Å². The molecule has 1 aromatic heterocycles. The number of nitrogens with zero attached hydrogens (tertiary/aromatic N) is 1. The second kappa shape index (κ2) is 8.03. The van der Waals surface area contributed by atoms with Crippen molar-refractivity contribution >= 4 is 37.3 Å². The van der Waals surface area contributed by atoms with Crippen molar-refractivity contribution in [3.05, 3.63) is 14.7 Å². The molecule has 1 fully saturated rings. The van der Waals surface area contributed by atoms with Gasteiger partial charge in [0, 0.05) is 31.1 Å². The van der Waals surface area contributed by atoms with Crippen LogP contribution in [0.3, 0.4) is 0 Å². The number of hydrogen-bond acceptors (Lipinski definition) is 5. The van der Waals surface area contributed by atoms with Gasteiger partial charge in [0.2, 0.25) is 10.0 Å². The first kappa shape index (κ1) is 17.4. The molecule has 8 heteroatoms. The lowest BCUT2D eigenvalue weighted by molar-refractivity contribution is 0.148. The minimum absolute atomic E-state index is 0.377. The van der Waals surface area contributed by atoms with Gasteiger partial charge in [-0.05, 0) is 41.4 Å². The number of rotatable bonds is 6. The van der Waals surface area contributed by atoms with Gasteiger partial charge in [0.05, 0.1) is 10.4 Å². The van der Waals surface area contributed by atoms with Crippen molar-refractivity contribution in [1.29, 1.82) is 0 Å². The molecule has 1 aliphatic rings. The molecule has 1 saturated heterocycles. The van der Waals surface area contributed by atoms with Crippen LogP contribution in [0.2, 0.25) is 0 Å². The Morgan fingerprint density at radius 2 is 2.24 bits per heavy atom. The van der Waals surface area contributed by atoms with Gasteiger partial charge >= 0.3 is 0 Å². The Labute approximate surface area is 138 Å². The Morgan fingerprint density at radius 3 is 3.00 bits per heavy atom. The summed E-state index contributed by atoms with van der Waals surface area (Å²) < 4.78 is 33.0. The average Bonchev–Trinajstić information content (AvgIpc) is 2.67. The van der Waals surface area contributed by atoms with Crippen molar-refractivity contribution in [2.45, 2.75) is 31.2 Å². The fraction of sp³-hybridized carbons (Fsp3) is 0.692. The van der Waals surface area contributed by atoms with Crippen LogP contribution in [0.15, 0.2) is 14.7 Å². The maximum absolute atomic E-state index is 12.7. The second-order valence-electron chi connectivity index (χ2n) is 4.90. The molecule has 0 bridgehead atoms. The molecule has 0 aromatic carbocycles. The Kier molecular flexibility index (Phi) is 6.64. The van der Waals surface area contributed by atoms with Crippen LogP contribution in [-0.4, -0.2) is 45.6 Å². The molecule has 0 radical (unpaired) electrons. The predicted molar refractivity (Wildman–Crippen MR) is 88.2 cm³/mol. The number of nitrogens with one attached hydrogen (secondary N) is 1. The lowest BCUT2D eigenvalue weighted by Gasteiger charge is -2.18. The molecule has 1 aliphatic heterocycles. The van der Waals surface area contributed by atoms with E-state index < -0.39 is 10.0 Å². The van der Waals surface area contributed by atoms with Gasteiger partial charge in [-0.25, -0.2) is 8.42 Å². The number of ether oxygens (including phenoxy) is 1. The summed E-state index contributed by atoms with van der Waals surface area (Å²) in [4.78, 5) is 1.41. The van der Waals surface area contributed by atoms with Crippen LogP contribution in [0.4, 0.5) is 0 Å². The second-order valence-corrected chi connectivity index (χ2v) is 9.26. The quantitative estimate of drug-likeness (QED) is 0.750. The molecule has 0 amide bonds. The molecule has 2 heterocycles. The van der Waals surface area contributed by atoms with Crippen molar-refractivity contribution in [2.24, 2.45) is 0 Å². The number of sulfonamides is 1. The monoisotopic (exact) mass is 396 g/mol. The van der Waals surface area contributed by atoms with Gasteiger partial charge < -0.3 is 10.1 Å². The minimum atomic E-state index is -3.44. The van der Waals surface area contributed by atoms with Gasteiger partial charge in [-0.2, -0.15) is 4.31 Å². The van der Waals surface area contributed by atoms with Gasteiger partial charge in [0.15, 0.2) is 0 Å². The van der Waals surface area contributed by atoms with Gasteiger partial charge in [0.1, 0.15) is 4.90 Å². The Hall–Kier alpha value is 0.01000. The van der Waals surface area contributed by atoms with E-state index in [-0.39, 0.29) is 0 Å². The molecule has 0 saturated carbocycles. The van der Waals surface area contributed by atoms with Crippen molar-refractivity contribution in [3.63, 3.8) is 0 Å². The van der Waals surface area contributed by atoms with Crippen LogP contribution in [-0.2, 0) is 21.3 Å². The Morgan fingerprint density at radius 1 is 1.43 bits per heavy atom. The fourth-order valence-electron chi connectivity index (χ4n) is 2.15. The fourth-order valence-corrected chi connectivity index (χ4v) is 6.22. The molecular formula is C13H21BrN2O3S2. The van der Waals surface area contributed by atoms with Crippen LogP contribution < -0.4 is 5.32 Å². The van der Waals surface area contributed by atoms with E-state index in [9.17, 15) is 8.42 Å². The van der Waals surface area contributed by atoms with Gasteiger partial charge in [0.25, 0.3) is 0 Å². The highest BCUT2D eigenvalue weighted by Crippen LogP contribution is 2.33. The molecule has 0 aliphatic carbocycles. The van der Waals surface area contributed by atoms with Crippen molar-refractivity contribution in [3.8, 4) is 0 Å². The predicted octanol–water partition coefficient (Wildman–Crippen LogP) is 2.42. The van der Waals surface area contributed by atoms with Crippen molar-refractivity contribution in [1.82, 2.24) is 9.62 Å². The zero-order valence-electron chi connectivity index (χ0n) is 12.1. The lowest BCUT2D eigenvalue weighted by Crippen LogP contribution is -2.33. The molecule has 120 valence electrons. The number of thiophene rings is 1. The standard InChI is InChI=1S/C13H21BrN2O3S2/c1-2-4-15-10-11-9-12(13(14)20-11)21(17,18)16-5-3-7-19-8-6-16/h9,15H,2-8,10H2,1H3. The zero-order chi connectivity index (χ0) is 15.3. The topological polar surface area (TPSA) is 58.6 Å². The van der Waals surface area contributed by atoms with Crippen LogP contribution >= 0.6 is 27.3 Å². The summed E-state index contributed by atoms with van der Waals surface area (Å²) in [5.74, 6) is 0. The highest BCUT2D eigenvalue weighted by Gasteiger charge is 2.28. The maximum atomic E-state index is 12.7. The average molecular weight is 397 g/mol. The summed E-state index contributed by atoms with van der Waals surface area (Å²) in [7, 11) is -3.44. The summed E-state index contributed by atoms with van der Waals surface area (Å²) in [6.07, 6.45) is 1.80. The zero-order valence-corrected chi connectivity index (χ0v) is 15.3. The molecule has 0 spiro atoms. The third-order valence-corrected chi connectivity index (χ3v) is 7.38. The smallest absolute Gasteiger partial charge is 0.245 e. The maximum Gasteiger partial charge on any atom is 0.245 e. The van der Waals surface area contributed by atoms with Gasteiger partial charge in [-0.15, -0.1) is 11.3 Å². The van der Waals surface area contributed by atoms with Gasteiger partial charge in [-0.1, -0.05) is 6.92 Å². The van der Waals surface area contributed by atoms with E-state index in [1.54, 1.807) is 6.07 Å². The van der Waals surface area contributed by atoms with Crippen molar-refractivity contribution in [2.75, 3.05) is 32.8 Å². The van der Waals surface area contributed by atoms with E-state index in [0.717, 1.165) is 24.3 Å². The Bertz CT molecular complexity index is 552. The highest BCUT2D eigenvalue weighted by atomic mass is 79.9. The van der Waals surface area contributed by atoms with Crippen LogP contribution in [0.25, 0.3) is 0 Å². The Balaban J connectivity index is 2.15. The van der Waals surface area contributed by atoms with Crippen LogP contribution in [0, 0.1) is 0 Å². The summed E-state index contributed by atoms with van der Waals surface area (Å²) in [5, 5.41) is 3.29. The van der Waals surface area contributed by atoms with Crippen molar-refractivity contribution < 1.29 is 13.2 Å². The molecule has 0 atom stereocenters. The van der Waals surface area contributed by atoms with Gasteiger partial charge in [-0.3, -0.25) is 0 Å². The summed E-state index contributed by atoms with van der Waals surface area (Å²) in [6.45, 7) is 5.78. The number of halogens is 1. The molecular weight excluding hydrogens is 376 g/mol. The number of hydrogen-bond donors (Lipinski definition) is 1. The molecule has 1 N–H and O–H groups in total. The largest absolute Gasteiger partial charge is 0.380 e. The molecule has 21 heavy (non-hydrogen) atoms. The minimum Gasteiger partial charge on any atom is -0.380 e. The first-order valence-corrected chi connectivity index (χ1v) is 10.2. The third kappa shape index (κ3) is 4.49. The molecule has 0 unspecified atom stereocenters. The summed E-state index contributed by atoms with van der Waals surface area (Å²) in [6, 6.07) is 1.78. The van der Waals surface area contributed by atoms with E-state index in [0.29, 0.717) is 41.5 Å². The first-order valence-electron chi connectivity index (χ1n) is 7.12. The third-order valence-electron chi connectivity index (χ3n) is 3.23.